The van der Waals surface area contributed by atoms with Gasteiger partial charge in [0.2, 0.25) is 0 Å². The van der Waals surface area contributed by atoms with Gasteiger partial charge < -0.3 is 15.2 Å². The highest BCUT2D eigenvalue weighted by atomic mass is 16.6. The van der Waals surface area contributed by atoms with Crippen LogP contribution in [0.4, 0.5) is 0 Å². The highest BCUT2D eigenvalue weighted by molar-refractivity contribution is 5.43. The molecule has 1 aromatic carbocycles. The van der Waals surface area contributed by atoms with Crippen LogP contribution in [0.25, 0.3) is 0 Å². The van der Waals surface area contributed by atoms with Crippen molar-refractivity contribution in [3.05, 3.63) is 23.8 Å². The SMILES string of the molecule is CC(C)(CN)CCc1ccc2c(c1)OCCO2. The fraction of sp³-hybridized carbons (Fsp3) is 0.571. The number of hydrogen-bond acceptors (Lipinski definition) is 3. The number of fused-ring (bicyclic) bond motifs is 1. The quantitative estimate of drug-likeness (QED) is 0.871. The molecule has 2 N–H and O–H groups in total. The Kier molecular flexibility index (Phi) is 3.57. The van der Waals surface area contributed by atoms with E-state index in [1.54, 1.807) is 0 Å². The molecule has 94 valence electrons. The van der Waals surface area contributed by atoms with E-state index in [4.69, 9.17) is 15.2 Å². The second-order valence-corrected chi connectivity index (χ2v) is 5.35. The summed E-state index contributed by atoms with van der Waals surface area (Å²) in [6.07, 6.45) is 2.12. The van der Waals surface area contributed by atoms with Gasteiger partial charge in [-0.05, 0) is 42.5 Å². The Balaban J connectivity index is 2.02. The van der Waals surface area contributed by atoms with Crippen LogP contribution in [0.15, 0.2) is 18.2 Å². The van der Waals surface area contributed by atoms with Crippen molar-refractivity contribution in [3.63, 3.8) is 0 Å². The van der Waals surface area contributed by atoms with Crippen LogP contribution in [0.5, 0.6) is 11.5 Å². The number of ether oxygens (including phenoxy) is 2. The maximum absolute atomic E-state index is 5.74. The second kappa shape index (κ2) is 4.96. The lowest BCUT2D eigenvalue weighted by Crippen LogP contribution is -2.24. The molecule has 0 bridgehead atoms. The van der Waals surface area contributed by atoms with Crippen molar-refractivity contribution in [2.75, 3.05) is 19.8 Å². The summed E-state index contributed by atoms with van der Waals surface area (Å²) in [7, 11) is 0. The van der Waals surface area contributed by atoms with Crippen LogP contribution in [0.2, 0.25) is 0 Å². The molecular formula is C14H21NO2. The Morgan fingerprint density at radius 1 is 1.18 bits per heavy atom. The van der Waals surface area contributed by atoms with Gasteiger partial charge in [0.1, 0.15) is 13.2 Å². The van der Waals surface area contributed by atoms with Crippen LogP contribution in [0, 0.1) is 5.41 Å². The van der Waals surface area contributed by atoms with E-state index in [2.05, 4.69) is 26.0 Å². The molecule has 0 saturated carbocycles. The van der Waals surface area contributed by atoms with E-state index in [-0.39, 0.29) is 5.41 Å². The van der Waals surface area contributed by atoms with Crippen molar-refractivity contribution < 1.29 is 9.47 Å². The average Bonchev–Trinajstić information content (AvgIpc) is 2.36. The number of rotatable bonds is 4. The summed E-state index contributed by atoms with van der Waals surface area (Å²) in [5.74, 6) is 1.73. The van der Waals surface area contributed by atoms with Crippen LogP contribution in [0.3, 0.4) is 0 Å². The zero-order chi connectivity index (χ0) is 12.3. The number of aryl methyl sites for hydroxylation is 1. The van der Waals surface area contributed by atoms with E-state index in [9.17, 15) is 0 Å². The zero-order valence-electron chi connectivity index (χ0n) is 10.7. The smallest absolute Gasteiger partial charge is 0.161 e. The van der Waals surface area contributed by atoms with E-state index >= 15 is 0 Å². The van der Waals surface area contributed by atoms with E-state index in [0.717, 1.165) is 30.9 Å². The fourth-order valence-corrected chi connectivity index (χ4v) is 1.83. The van der Waals surface area contributed by atoms with E-state index in [0.29, 0.717) is 13.2 Å². The lowest BCUT2D eigenvalue weighted by atomic mass is 9.86. The fourth-order valence-electron chi connectivity index (χ4n) is 1.83. The predicted molar refractivity (Wildman–Crippen MR) is 68.6 cm³/mol. The van der Waals surface area contributed by atoms with Crippen LogP contribution in [-0.4, -0.2) is 19.8 Å². The minimum Gasteiger partial charge on any atom is -0.486 e. The standard InChI is InChI=1S/C14H21NO2/c1-14(2,10-15)6-5-11-3-4-12-13(9-11)17-8-7-16-12/h3-4,9H,5-8,10,15H2,1-2H3. The van der Waals surface area contributed by atoms with Crippen LogP contribution in [-0.2, 0) is 6.42 Å². The third-order valence-electron chi connectivity index (χ3n) is 3.25. The Morgan fingerprint density at radius 2 is 1.88 bits per heavy atom. The zero-order valence-corrected chi connectivity index (χ0v) is 10.7. The molecule has 0 saturated heterocycles. The Labute approximate surface area is 103 Å². The lowest BCUT2D eigenvalue weighted by Gasteiger charge is -2.23. The van der Waals surface area contributed by atoms with Gasteiger partial charge in [0.05, 0.1) is 0 Å². The van der Waals surface area contributed by atoms with Gasteiger partial charge in [-0.3, -0.25) is 0 Å². The molecule has 1 aromatic rings. The third kappa shape index (κ3) is 3.13. The second-order valence-electron chi connectivity index (χ2n) is 5.35. The number of nitrogens with two attached hydrogens (primary N) is 1. The molecule has 0 amide bonds. The molecule has 1 heterocycles. The average molecular weight is 235 g/mol. The van der Waals surface area contributed by atoms with Crippen molar-refractivity contribution >= 4 is 0 Å². The first-order valence-corrected chi connectivity index (χ1v) is 6.19. The molecule has 17 heavy (non-hydrogen) atoms. The normalized spacial score (nSPS) is 14.8. The van der Waals surface area contributed by atoms with Crippen molar-refractivity contribution in [1.29, 1.82) is 0 Å². The third-order valence-corrected chi connectivity index (χ3v) is 3.25. The molecule has 0 spiro atoms. The topological polar surface area (TPSA) is 44.5 Å². The minimum atomic E-state index is 0.202. The highest BCUT2D eigenvalue weighted by Gasteiger charge is 2.16. The molecule has 0 atom stereocenters. The van der Waals surface area contributed by atoms with Gasteiger partial charge >= 0.3 is 0 Å². The largest absolute Gasteiger partial charge is 0.486 e. The lowest BCUT2D eigenvalue weighted by molar-refractivity contribution is 0.171. The van der Waals surface area contributed by atoms with Gasteiger partial charge in [-0.1, -0.05) is 19.9 Å². The molecular weight excluding hydrogens is 214 g/mol. The molecule has 1 aliphatic heterocycles. The molecule has 3 nitrogen and oxygen atoms in total. The molecule has 0 fully saturated rings. The molecule has 0 radical (unpaired) electrons. The van der Waals surface area contributed by atoms with Gasteiger partial charge in [-0.2, -0.15) is 0 Å². The first-order valence-electron chi connectivity index (χ1n) is 6.19. The summed E-state index contributed by atoms with van der Waals surface area (Å²) in [6, 6.07) is 6.19. The summed E-state index contributed by atoms with van der Waals surface area (Å²) < 4.78 is 11.1. The summed E-state index contributed by atoms with van der Waals surface area (Å²) in [4.78, 5) is 0. The minimum absolute atomic E-state index is 0.202. The molecule has 1 aliphatic rings. The first kappa shape index (κ1) is 12.2. The van der Waals surface area contributed by atoms with Crippen molar-refractivity contribution in [2.45, 2.75) is 26.7 Å². The van der Waals surface area contributed by atoms with Gasteiger partial charge in [0.15, 0.2) is 11.5 Å². The first-order chi connectivity index (χ1) is 8.11. The van der Waals surface area contributed by atoms with Crippen LogP contribution < -0.4 is 15.2 Å². The maximum Gasteiger partial charge on any atom is 0.161 e. The Morgan fingerprint density at radius 3 is 2.59 bits per heavy atom. The van der Waals surface area contributed by atoms with Gasteiger partial charge in [-0.15, -0.1) is 0 Å². The summed E-state index contributed by atoms with van der Waals surface area (Å²) in [5.41, 5.74) is 7.23. The Bertz CT molecular complexity index is 388. The van der Waals surface area contributed by atoms with Crippen molar-refractivity contribution in [3.8, 4) is 11.5 Å². The van der Waals surface area contributed by atoms with Gasteiger partial charge in [-0.25, -0.2) is 0 Å². The van der Waals surface area contributed by atoms with E-state index in [1.165, 1.54) is 5.56 Å². The summed E-state index contributed by atoms with van der Waals surface area (Å²) in [5, 5.41) is 0. The van der Waals surface area contributed by atoms with Gasteiger partial charge in [0.25, 0.3) is 0 Å². The van der Waals surface area contributed by atoms with Crippen molar-refractivity contribution in [2.24, 2.45) is 11.1 Å². The number of hydrogen-bond donors (Lipinski definition) is 1. The molecule has 0 unspecified atom stereocenters. The van der Waals surface area contributed by atoms with E-state index in [1.807, 2.05) is 6.07 Å². The number of benzene rings is 1. The van der Waals surface area contributed by atoms with Crippen molar-refractivity contribution in [1.82, 2.24) is 0 Å². The molecule has 0 aliphatic carbocycles. The van der Waals surface area contributed by atoms with E-state index < -0.39 is 0 Å². The maximum atomic E-state index is 5.74. The molecule has 3 heteroatoms. The van der Waals surface area contributed by atoms with Crippen LogP contribution >= 0.6 is 0 Å². The summed E-state index contributed by atoms with van der Waals surface area (Å²) >= 11 is 0. The Hall–Kier alpha value is -1.22. The van der Waals surface area contributed by atoms with Crippen LogP contribution in [0.1, 0.15) is 25.8 Å². The predicted octanol–water partition coefficient (Wildman–Crippen LogP) is 2.38. The monoisotopic (exact) mass is 235 g/mol. The molecule has 2 rings (SSSR count). The van der Waals surface area contributed by atoms with Gasteiger partial charge in [0, 0.05) is 0 Å². The molecule has 0 aromatic heterocycles. The highest BCUT2D eigenvalue weighted by Crippen LogP contribution is 2.32. The summed E-state index contributed by atoms with van der Waals surface area (Å²) in [6.45, 7) is 6.41.